The third-order valence-electron chi connectivity index (χ3n) is 3.76. The van der Waals surface area contributed by atoms with E-state index in [9.17, 15) is 0 Å². The van der Waals surface area contributed by atoms with E-state index in [1.54, 1.807) is 0 Å². The summed E-state index contributed by atoms with van der Waals surface area (Å²) >= 11 is 2.10. The molecule has 2 nitrogen and oxygen atoms in total. The third-order valence-corrected chi connectivity index (χ3v) is 5.16. The molecule has 0 N–H and O–H groups in total. The van der Waals surface area contributed by atoms with Gasteiger partial charge in [0.15, 0.2) is 0 Å². The van der Waals surface area contributed by atoms with Crippen molar-refractivity contribution in [1.29, 1.82) is 0 Å². The molecule has 0 bridgehead atoms. The number of rotatable bonds is 1. The van der Waals surface area contributed by atoms with Gasteiger partial charge in [0.25, 0.3) is 0 Å². The van der Waals surface area contributed by atoms with E-state index in [2.05, 4.69) is 29.4 Å². The van der Waals surface area contributed by atoms with Crippen LogP contribution in [0, 0.1) is 5.92 Å². The normalized spacial score (nSPS) is 30.1. The Morgan fingerprint density at radius 2 is 2.31 bits per heavy atom. The summed E-state index contributed by atoms with van der Waals surface area (Å²) in [5.74, 6) is 3.48. The van der Waals surface area contributed by atoms with E-state index in [4.69, 9.17) is 4.98 Å². The van der Waals surface area contributed by atoms with Crippen molar-refractivity contribution in [1.82, 2.24) is 9.55 Å². The van der Waals surface area contributed by atoms with Crippen LogP contribution in [0.25, 0.3) is 0 Å². The topological polar surface area (TPSA) is 17.8 Å². The van der Waals surface area contributed by atoms with Crippen LogP contribution in [0.2, 0.25) is 0 Å². The fourth-order valence-electron chi connectivity index (χ4n) is 2.77. The van der Waals surface area contributed by atoms with Gasteiger partial charge in [0.1, 0.15) is 5.82 Å². The summed E-state index contributed by atoms with van der Waals surface area (Å²) in [5.41, 5.74) is 1.36. The molecule has 3 heteroatoms. The van der Waals surface area contributed by atoms with Crippen molar-refractivity contribution < 1.29 is 0 Å². The molecule has 2 unspecified atom stereocenters. The molecule has 1 saturated heterocycles. The van der Waals surface area contributed by atoms with E-state index in [0.29, 0.717) is 5.25 Å². The van der Waals surface area contributed by atoms with Crippen molar-refractivity contribution >= 4 is 11.8 Å². The number of hydrogen-bond donors (Lipinski definition) is 0. The summed E-state index contributed by atoms with van der Waals surface area (Å²) in [6.07, 6.45) is 8.93. The minimum Gasteiger partial charge on any atom is -0.334 e. The second-order valence-corrected chi connectivity index (χ2v) is 6.54. The van der Waals surface area contributed by atoms with E-state index in [1.165, 1.54) is 55.9 Å². The fourth-order valence-corrected chi connectivity index (χ4v) is 4.04. The molecule has 1 aromatic heterocycles. The zero-order valence-electron chi connectivity index (χ0n) is 9.98. The summed E-state index contributed by atoms with van der Waals surface area (Å²) < 4.78 is 2.40. The van der Waals surface area contributed by atoms with Crippen molar-refractivity contribution in [2.45, 2.75) is 50.8 Å². The largest absolute Gasteiger partial charge is 0.334 e. The molecule has 0 saturated carbocycles. The van der Waals surface area contributed by atoms with E-state index in [1.807, 2.05) is 0 Å². The molecule has 2 aliphatic rings. The molecule has 0 aliphatic carbocycles. The highest BCUT2D eigenvalue weighted by atomic mass is 32.2. The lowest BCUT2D eigenvalue weighted by Crippen LogP contribution is -2.17. The Morgan fingerprint density at radius 1 is 1.38 bits per heavy atom. The first kappa shape index (κ1) is 10.7. The molecule has 0 spiro atoms. The maximum Gasteiger partial charge on any atom is 0.109 e. The van der Waals surface area contributed by atoms with Crippen LogP contribution in [0.4, 0.5) is 0 Å². The molecule has 0 radical (unpaired) electrons. The van der Waals surface area contributed by atoms with E-state index in [-0.39, 0.29) is 0 Å². The number of fused-ring (bicyclic) bond motifs is 1. The first-order valence-corrected chi connectivity index (χ1v) is 7.55. The highest BCUT2D eigenvalue weighted by Gasteiger charge is 2.22. The number of aromatic nitrogens is 2. The van der Waals surface area contributed by atoms with Gasteiger partial charge in [-0.2, -0.15) is 11.8 Å². The molecule has 2 atom stereocenters. The van der Waals surface area contributed by atoms with Gasteiger partial charge in [-0.05, 0) is 30.9 Å². The summed E-state index contributed by atoms with van der Waals surface area (Å²) in [5, 5.41) is 0.683. The highest BCUT2D eigenvalue weighted by Crippen LogP contribution is 2.38. The molecule has 2 aliphatic heterocycles. The van der Waals surface area contributed by atoms with Gasteiger partial charge >= 0.3 is 0 Å². The standard InChI is InChI=1S/C13H20N2S/c1-10-5-6-13-14-11(9-15(13)8-10)12-4-2-3-7-16-12/h9-10,12H,2-8H2,1H3. The van der Waals surface area contributed by atoms with Crippen molar-refractivity contribution in [2.75, 3.05) is 5.75 Å². The molecule has 88 valence electrons. The summed E-state index contributed by atoms with van der Waals surface area (Å²) in [7, 11) is 0. The van der Waals surface area contributed by atoms with Crippen LogP contribution in [0.1, 0.15) is 49.4 Å². The second kappa shape index (κ2) is 4.44. The highest BCUT2D eigenvalue weighted by molar-refractivity contribution is 7.99. The lowest BCUT2D eigenvalue weighted by Gasteiger charge is -2.19. The predicted octanol–water partition coefficient (Wildman–Crippen LogP) is 3.42. The molecular weight excluding hydrogens is 216 g/mol. The van der Waals surface area contributed by atoms with E-state index < -0.39 is 0 Å². The monoisotopic (exact) mass is 236 g/mol. The summed E-state index contributed by atoms with van der Waals surface area (Å²) in [4.78, 5) is 4.85. The Labute approximate surface area is 102 Å². The number of aryl methyl sites for hydroxylation is 1. The molecule has 0 amide bonds. The van der Waals surface area contributed by atoms with Gasteiger partial charge in [0, 0.05) is 24.4 Å². The number of nitrogens with zero attached hydrogens (tertiary/aromatic N) is 2. The smallest absolute Gasteiger partial charge is 0.109 e. The van der Waals surface area contributed by atoms with Gasteiger partial charge in [-0.3, -0.25) is 0 Å². The van der Waals surface area contributed by atoms with Crippen LogP contribution >= 0.6 is 11.8 Å². The van der Waals surface area contributed by atoms with Gasteiger partial charge in [0.2, 0.25) is 0 Å². The van der Waals surface area contributed by atoms with Gasteiger partial charge in [-0.25, -0.2) is 4.98 Å². The van der Waals surface area contributed by atoms with Crippen molar-refractivity contribution in [3.05, 3.63) is 17.7 Å². The van der Waals surface area contributed by atoms with E-state index in [0.717, 1.165) is 5.92 Å². The molecule has 0 aromatic carbocycles. The Kier molecular flexibility index (Phi) is 2.97. The number of hydrogen-bond acceptors (Lipinski definition) is 2. The third kappa shape index (κ3) is 2.02. The van der Waals surface area contributed by atoms with Crippen LogP contribution in [-0.2, 0) is 13.0 Å². The summed E-state index contributed by atoms with van der Waals surface area (Å²) in [6, 6.07) is 0. The molecule has 16 heavy (non-hydrogen) atoms. The second-order valence-electron chi connectivity index (χ2n) is 5.23. The van der Waals surface area contributed by atoms with Crippen molar-refractivity contribution in [2.24, 2.45) is 5.92 Å². The van der Waals surface area contributed by atoms with E-state index >= 15 is 0 Å². The van der Waals surface area contributed by atoms with Crippen molar-refractivity contribution in [3.8, 4) is 0 Å². The van der Waals surface area contributed by atoms with Crippen LogP contribution < -0.4 is 0 Å². The zero-order chi connectivity index (χ0) is 11.0. The lowest BCUT2D eigenvalue weighted by atomic mass is 10.0. The Hall–Kier alpha value is -0.440. The minimum absolute atomic E-state index is 0.683. The Morgan fingerprint density at radius 3 is 3.12 bits per heavy atom. The van der Waals surface area contributed by atoms with Crippen molar-refractivity contribution in [3.63, 3.8) is 0 Å². The molecule has 1 aromatic rings. The molecule has 3 heterocycles. The maximum absolute atomic E-state index is 4.85. The van der Waals surface area contributed by atoms with Gasteiger partial charge in [-0.1, -0.05) is 13.3 Å². The summed E-state index contributed by atoms with van der Waals surface area (Å²) in [6.45, 7) is 3.53. The fraction of sp³-hybridized carbons (Fsp3) is 0.769. The number of imidazole rings is 1. The molecular formula is C13H20N2S. The quantitative estimate of drug-likeness (QED) is 0.743. The molecule has 1 fully saturated rings. The van der Waals surface area contributed by atoms with Gasteiger partial charge in [0.05, 0.1) is 5.69 Å². The predicted molar refractivity (Wildman–Crippen MR) is 68.8 cm³/mol. The molecule has 3 rings (SSSR count). The van der Waals surface area contributed by atoms with Gasteiger partial charge in [-0.15, -0.1) is 0 Å². The maximum atomic E-state index is 4.85. The Bertz CT molecular complexity index is 366. The SMILES string of the molecule is CC1CCc2nc(C3CCCCS3)cn2C1. The van der Waals surface area contributed by atoms with Gasteiger partial charge < -0.3 is 4.57 Å². The Balaban J connectivity index is 1.80. The van der Waals surface area contributed by atoms with Crippen LogP contribution in [0.3, 0.4) is 0 Å². The van der Waals surface area contributed by atoms with Crippen LogP contribution in [-0.4, -0.2) is 15.3 Å². The minimum atomic E-state index is 0.683. The first-order valence-electron chi connectivity index (χ1n) is 6.50. The number of thioether (sulfide) groups is 1. The first-order chi connectivity index (χ1) is 7.83. The average Bonchev–Trinajstić information content (AvgIpc) is 2.73. The van der Waals surface area contributed by atoms with Crippen LogP contribution in [0.5, 0.6) is 0 Å². The zero-order valence-corrected chi connectivity index (χ0v) is 10.8. The average molecular weight is 236 g/mol. The van der Waals surface area contributed by atoms with Crippen LogP contribution in [0.15, 0.2) is 6.20 Å². The lowest BCUT2D eigenvalue weighted by molar-refractivity contribution is 0.394.